The van der Waals surface area contributed by atoms with E-state index in [2.05, 4.69) is 0 Å². The maximum Gasteiger partial charge on any atom is 0.367 e. The third kappa shape index (κ3) is 9.81. The molecule has 2 fully saturated rings. The van der Waals surface area contributed by atoms with E-state index in [9.17, 15) is 65.1 Å². The Balaban J connectivity index is 1.17. The molecule has 0 aromatic carbocycles. The third-order valence-electron chi connectivity index (χ3n) is 11.2. The van der Waals surface area contributed by atoms with Gasteiger partial charge in [0.2, 0.25) is 12.6 Å². The summed E-state index contributed by atoms with van der Waals surface area (Å²) in [6, 6.07) is 0. The number of methoxy groups -OCH3 is 1. The van der Waals surface area contributed by atoms with Gasteiger partial charge in [0.05, 0.1) is 61.4 Å². The molecule has 2 saturated heterocycles. The van der Waals surface area contributed by atoms with Gasteiger partial charge >= 0.3 is 22.5 Å². The lowest BCUT2D eigenvalue weighted by Gasteiger charge is -2.43. The topological polar surface area (TPSA) is 343 Å². The van der Waals surface area contributed by atoms with Crippen molar-refractivity contribution in [1.29, 1.82) is 0 Å². The second kappa shape index (κ2) is 20.6. The molecule has 6 aliphatic rings. The minimum atomic E-state index is -1.96. The van der Waals surface area contributed by atoms with Crippen LogP contribution in [0.2, 0.25) is 0 Å². The first-order chi connectivity index (χ1) is 29.5. The fourth-order valence-electron chi connectivity index (χ4n) is 8.07. The van der Waals surface area contributed by atoms with Gasteiger partial charge in [-0.2, -0.15) is 0 Å². The van der Waals surface area contributed by atoms with Crippen LogP contribution >= 0.6 is 23.5 Å². The normalized spacial score (nSPS) is 39.9. The molecule has 0 bridgehead atoms. The van der Waals surface area contributed by atoms with E-state index in [1.165, 1.54) is 24.7 Å². The van der Waals surface area contributed by atoms with Gasteiger partial charge in [0.15, 0.2) is 12.6 Å². The minimum absolute atomic E-state index is 0.0802. The highest BCUT2D eigenvalue weighted by atomic mass is 32.2. The first-order valence-corrected chi connectivity index (χ1v) is 21.5. The van der Waals surface area contributed by atoms with Crippen molar-refractivity contribution in [2.24, 2.45) is 23.7 Å². The highest BCUT2D eigenvalue weighted by Crippen LogP contribution is 2.47. The van der Waals surface area contributed by atoms with Crippen molar-refractivity contribution in [1.82, 2.24) is 0 Å². The average molecular weight is 925 g/mol. The molecule has 4 heterocycles. The van der Waals surface area contributed by atoms with Crippen molar-refractivity contribution in [3.05, 3.63) is 47.0 Å². The molecule has 18 atom stereocenters. The Kier molecular flexibility index (Phi) is 16.0. The highest BCUT2D eigenvalue weighted by molar-refractivity contribution is 8.12. The summed E-state index contributed by atoms with van der Waals surface area (Å²) in [5, 5.41) is 94.3. The lowest BCUT2D eigenvalue weighted by Crippen LogP contribution is -2.60. The molecule has 6 rings (SSSR count). The highest BCUT2D eigenvalue weighted by Gasteiger charge is 2.55. The predicted molar refractivity (Wildman–Crippen MR) is 203 cm³/mol. The number of ether oxygens (including phenoxy) is 10. The van der Waals surface area contributed by atoms with Gasteiger partial charge in [-0.25, -0.2) is 19.2 Å². The maximum absolute atomic E-state index is 13.7. The number of thioether (sulfide) groups is 2. The molecule has 62 heavy (non-hydrogen) atoms. The van der Waals surface area contributed by atoms with Crippen molar-refractivity contribution >= 4 is 46.1 Å². The van der Waals surface area contributed by atoms with Crippen LogP contribution in [0.5, 0.6) is 0 Å². The standard InChI is InChI=1S/C37H48O23S2/c1-51-30(47)14-9-53-32(20-12(4-16(39)22(14)20)7-55-36(49)61-2)60-35-29(46)27(44)25(42)19(58-35)11-52-31(48)15-10-54-33(59-34-28(45)26(43)24(41)18(6-38)57-34)21-13(5-17(40)23(15)21)8-56-37(50)62-3/h4-5,9-10,16-29,32-35,38-46H,6-8,11H2,1-3H3/t16-,17-,18+,19+,20+,21+,22-,23-,24+,25+,26-,27-,28+,29+,32-,33-,34-,35-/m0/s1. The Bertz CT molecular complexity index is 1790. The fraction of sp³-hybridized carbons (Fsp3) is 0.676. The Morgan fingerprint density at radius 2 is 1.02 bits per heavy atom. The molecule has 4 aliphatic heterocycles. The van der Waals surface area contributed by atoms with E-state index < -0.39 is 152 Å². The van der Waals surface area contributed by atoms with Gasteiger partial charge in [-0.05, 0) is 47.2 Å². The van der Waals surface area contributed by atoms with E-state index in [0.717, 1.165) is 43.2 Å². The van der Waals surface area contributed by atoms with Gasteiger partial charge < -0.3 is 93.3 Å². The molecular weight excluding hydrogens is 877 g/mol. The zero-order valence-electron chi connectivity index (χ0n) is 33.1. The van der Waals surface area contributed by atoms with Crippen LogP contribution in [0.4, 0.5) is 9.59 Å². The van der Waals surface area contributed by atoms with Crippen LogP contribution in [0.15, 0.2) is 47.0 Å². The summed E-state index contributed by atoms with van der Waals surface area (Å²) in [7, 11) is 1.12. The number of esters is 2. The molecule has 2 aliphatic carbocycles. The van der Waals surface area contributed by atoms with Crippen LogP contribution in [0, 0.1) is 23.7 Å². The molecular formula is C37H48O23S2. The molecule has 346 valence electrons. The van der Waals surface area contributed by atoms with Gasteiger partial charge in [-0.1, -0.05) is 12.2 Å². The van der Waals surface area contributed by atoms with Crippen molar-refractivity contribution in [2.45, 2.75) is 86.2 Å². The molecule has 0 aromatic heterocycles. The summed E-state index contributed by atoms with van der Waals surface area (Å²) in [5.41, 5.74) is 0.103. The minimum Gasteiger partial charge on any atom is -0.471 e. The Morgan fingerprint density at radius 1 is 0.581 bits per heavy atom. The number of hydrogen-bond acceptors (Lipinski definition) is 25. The van der Waals surface area contributed by atoms with E-state index in [0.29, 0.717) is 0 Å². The SMILES string of the molecule is COC(=O)C1=CO[C@@H](O[C@@H]2O[C@H](COC(=O)C3=CO[C@@H](O[C@@H]4O[C@H](CO)[C@@H](O)[C@H](O)[C@H]4O)[C@@H]4C(COC(=O)SC)=C[C@H](O)[C@H]34)[C@@H](O)[C@H](O)[C@H]2O)[C@@H]2C(COC(=O)SC)=C[C@H](O)[C@H]12. The van der Waals surface area contributed by atoms with E-state index in [-0.39, 0.29) is 28.9 Å². The summed E-state index contributed by atoms with van der Waals surface area (Å²) in [6.07, 6.45) is -15.9. The largest absolute Gasteiger partial charge is 0.471 e. The van der Waals surface area contributed by atoms with Crippen LogP contribution in [0.3, 0.4) is 0 Å². The number of carbonyl (C=O) groups excluding carboxylic acids is 4. The molecule has 0 aromatic rings. The van der Waals surface area contributed by atoms with E-state index in [1.54, 1.807) is 0 Å². The molecule has 0 unspecified atom stereocenters. The first-order valence-electron chi connectivity index (χ1n) is 19.0. The summed E-state index contributed by atoms with van der Waals surface area (Å²) < 4.78 is 55.2. The van der Waals surface area contributed by atoms with Crippen LogP contribution in [0.25, 0.3) is 0 Å². The number of aliphatic hydroxyl groups excluding tert-OH is 9. The van der Waals surface area contributed by atoms with E-state index >= 15 is 0 Å². The molecule has 0 amide bonds. The quantitative estimate of drug-likeness (QED) is 0.0501. The number of hydrogen-bond donors (Lipinski definition) is 9. The lowest BCUT2D eigenvalue weighted by atomic mass is 9.82. The Labute approximate surface area is 360 Å². The molecule has 0 saturated carbocycles. The average Bonchev–Trinajstić information content (AvgIpc) is 3.79. The summed E-state index contributed by atoms with van der Waals surface area (Å²) in [5.74, 6) is -6.41. The monoisotopic (exact) mass is 924 g/mol. The van der Waals surface area contributed by atoms with Crippen LogP contribution in [-0.2, 0) is 57.0 Å². The molecule has 23 nitrogen and oxygen atoms in total. The Morgan fingerprint density at radius 3 is 1.45 bits per heavy atom. The van der Waals surface area contributed by atoms with Crippen LogP contribution in [-0.4, -0.2) is 201 Å². The van der Waals surface area contributed by atoms with E-state index in [4.69, 9.17) is 47.4 Å². The second-order valence-electron chi connectivity index (χ2n) is 14.8. The zero-order valence-corrected chi connectivity index (χ0v) is 34.7. The van der Waals surface area contributed by atoms with Gasteiger partial charge in [-0.3, -0.25) is 0 Å². The number of carbonyl (C=O) groups is 4. The maximum atomic E-state index is 13.7. The number of rotatable bonds is 13. The van der Waals surface area contributed by atoms with Gasteiger partial charge in [-0.15, -0.1) is 0 Å². The van der Waals surface area contributed by atoms with Crippen molar-refractivity contribution in [3.8, 4) is 0 Å². The number of fused-ring (bicyclic) bond motifs is 2. The second-order valence-corrected chi connectivity index (χ2v) is 16.3. The molecule has 25 heteroatoms. The molecule has 0 radical (unpaired) electrons. The summed E-state index contributed by atoms with van der Waals surface area (Å²) in [6.45, 7) is -2.32. The van der Waals surface area contributed by atoms with Gasteiger partial charge in [0, 0.05) is 11.8 Å². The van der Waals surface area contributed by atoms with Crippen molar-refractivity contribution < 1.29 is 113 Å². The van der Waals surface area contributed by atoms with Crippen molar-refractivity contribution in [3.63, 3.8) is 0 Å². The van der Waals surface area contributed by atoms with Crippen LogP contribution < -0.4 is 0 Å². The predicted octanol–water partition coefficient (Wildman–Crippen LogP) is -3.11. The third-order valence-corrected chi connectivity index (χ3v) is 12.1. The first kappa shape index (κ1) is 48.1. The number of aliphatic hydroxyl groups is 9. The fourth-order valence-corrected chi connectivity index (χ4v) is 8.42. The molecule has 0 spiro atoms. The van der Waals surface area contributed by atoms with Gasteiger partial charge in [0.1, 0.15) is 68.7 Å². The Hall–Kier alpha value is -3.38. The van der Waals surface area contributed by atoms with Crippen molar-refractivity contribution in [2.75, 3.05) is 46.0 Å². The van der Waals surface area contributed by atoms with E-state index in [1.807, 2.05) is 0 Å². The lowest BCUT2D eigenvalue weighted by molar-refractivity contribution is -0.341. The van der Waals surface area contributed by atoms with Gasteiger partial charge in [0.25, 0.3) is 0 Å². The van der Waals surface area contributed by atoms with Crippen LogP contribution in [0.1, 0.15) is 0 Å². The summed E-state index contributed by atoms with van der Waals surface area (Å²) in [4.78, 5) is 50.3. The molecule has 9 N–H and O–H groups in total. The summed E-state index contributed by atoms with van der Waals surface area (Å²) >= 11 is 1.55. The smallest absolute Gasteiger partial charge is 0.367 e. The zero-order chi connectivity index (χ0) is 45.2.